The minimum Gasteiger partial charge on any atom is -0.345 e. The molecule has 0 amide bonds. The van der Waals surface area contributed by atoms with E-state index in [-0.39, 0.29) is 11.0 Å². The third-order valence-corrected chi connectivity index (χ3v) is 5.06. The van der Waals surface area contributed by atoms with Crippen LogP contribution in [0.5, 0.6) is 0 Å². The molecule has 0 unspecified atom stereocenters. The molecule has 1 aliphatic carbocycles. The first kappa shape index (κ1) is 14.4. The zero-order valence-corrected chi connectivity index (χ0v) is 13.0. The van der Waals surface area contributed by atoms with Gasteiger partial charge in [0.2, 0.25) is 0 Å². The molecule has 106 valence electrons. The van der Waals surface area contributed by atoms with Crippen LogP contribution in [0.1, 0.15) is 76.4 Å². The van der Waals surface area contributed by atoms with Gasteiger partial charge in [-0.2, -0.15) is 0 Å². The molecule has 0 fully saturated rings. The number of Topliss-reactive ketones (excluding diaryl/α,β-unsaturated/α-hetero) is 1. The Kier molecular flexibility index (Phi) is 3.63. The molecule has 0 N–H and O–H groups in total. The number of hydrogen-bond donors (Lipinski definition) is 0. The van der Waals surface area contributed by atoms with Crippen LogP contribution in [0.3, 0.4) is 0 Å². The largest absolute Gasteiger partial charge is 0.345 e. The summed E-state index contributed by atoms with van der Waals surface area (Å²) in [5.41, 5.74) is 2.52. The van der Waals surface area contributed by atoms with Gasteiger partial charge in [-0.3, -0.25) is 4.79 Å². The van der Waals surface area contributed by atoms with E-state index in [0.717, 1.165) is 31.2 Å². The van der Waals surface area contributed by atoms with Crippen molar-refractivity contribution < 1.29 is 4.79 Å². The molecule has 1 aliphatic rings. The summed E-state index contributed by atoms with van der Waals surface area (Å²) in [6, 6.07) is 2.04. The number of carbonyl (C=O) groups excluding carboxylic acids is 1. The average molecular weight is 261 g/mol. The molecule has 0 saturated heterocycles. The number of aromatic nitrogens is 1. The first-order chi connectivity index (χ1) is 8.89. The fourth-order valence-electron chi connectivity index (χ4n) is 3.65. The highest BCUT2D eigenvalue weighted by molar-refractivity contribution is 5.98. The second-order valence-electron chi connectivity index (χ2n) is 6.77. The second kappa shape index (κ2) is 4.81. The van der Waals surface area contributed by atoms with Crippen LogP contribution in [0.4, 0.5) is 0 Å². The van der Waals surface area contributed by atoms with Crippen molar-refractivity contribution in [3.8, 4) is 0 Å². The summed E-state index contributed by atoms with van der Waals surface area (Å²) in [5, 5.41) is 0. The van der Waals surface area contributed by atoms with Crippen molar-refractivity contribution in [1.82, 2.24) is 4.57 Å². The maximum atomic E-state index is 12.3. The summed E-state index contributed by atoms with van der Waals surface area (Å²) < 4.78 is 2.42. The molecule has 1 heterocycles. The number of ketones is 1. The summed E-state index contributed by atoms with van der Waals surface area (Å²) in [5.74, 6) is 0.321. The van der Waals surface area contributed by atoms with E-state index in [1.807, 2.05) is 6.07 Å². The van der Waals surface area contributed by atoms with Gasteiger partial charge >= 0.3 is 0 Å². The van der Waals surface area contributed by atoms with E-state index >= 15 is 0 Å². The smallest absolute Gasteiger partial charge is 0.165 e. The zero-order valence-electron chi connectivity index (χ0n) is 13.0. The molecule has 2 heteroatoms. The van der Waals surface area contributed by atoms with Crippen LogP contribution in [0.25, 0.3) is 0 Å². The zero-order chi connectivity index (χ0) is 14.3. The van der Waals surface area contributed by atoms with Crippen molar-refractivity contribution in [2.45, 2.75) is 72.3 Å². The first-order valence-electron chi connectivity index (χ1n) is 7.63. The molecule has 0 saturated carbocycles. The third-order valence-electron chi connectivity index (χ3n) is 5.06. The average Bonchev–Trinajstić information content (AvgIpc) is 2.75. The predicted octanol–water partition coefficient (Wildman–Crippen LogP) is 4.57. The summed E-state index contributed by atoms with van der Waals surface area (Å²) in [7, 11) is 0. The molecule has 0 aliphatic heterocycles. The lowest BCUT2D eigenvalue weighted by Gasteiger charge is -2.38. The van der Waals surface area contributed by atoms with E-state index in [9.17, 15) is 4.79 Å². The number of hydrogen-bond acceptors (Lipinski definition) is 1. The van der Waals surface area contributed by atoms with Crippen LogP contribution in [-0.4, -0.2) is 10.4 Å². The van der Waals surface area contributed by atoms with Crippen molar-refractivity contribution >= 4 is 5.78 Å². The van der Waals surface area contributed by atoms with E-state index in [2.05, 4.69) is 45.4 Å². The van der Waals surface area contributed by atoms with Crippen LogP contribution in [0.15, 0.2) is 12.3 Å². The minimum atomic E-state index is 0.0984. The highest BCUT2D eigenvalue weighted by Crippen LogP contribution is 2.39. The van der Waals surface area contributed by atoms with E-state index in [0.29, 0.717) is 12.2 Å². The topological polar surface area (TPSA) is 22.0 Å². The van der Waals surface area contributed by atoms with Crippen LogP contribution in [0, 0.1) is 5.41 Å². The van der Waals surface area contributed by atoms with Crippen LogP contribution in [0.2, 0.25) is 0 Å². The van der Waals surface area contributed by atoms with E-state index < -0.39 is 0 Å². The maximum Gasteiger partial charge on any atom is 0.165 e. The summed E-state index contributed by atoms with van der Waals surface area (Å²) in [4.78, 5) is 12.3. The Bertz CT molecular complexity index is 469. The molecule has 0 bridgehead atoms. The lowest BCUT2D eigenvalue weighted by molar-refractivity contribution is 0.0906. The molecular weight excluding hydrogens is 234 g/mol. The van der Waals surface area contributed by atoms with Gasteiger partial charge in [0.05, 0.1) is 0 Å². The van der Waals surface area contributed by atoms with Crippen LogP contribution in [-0.2, 0) is 12.0 Å². The summed E-state index contributed by atoms with van der Waals surface area (Å²) in [6.45, 7) is 11.2. The SMILES string of the molecule is CCC(CC)(CC)n1ccc2c1CC(C)(C)CC2=O. The third kappa shape index (κ3) is 2.26. The minimum absolute atomic E-state index is 0.0984. The van der Waals surface area contributed by atoms with Crippen LogP contribution >= 0.6 is 0 Å². The van der Waals surface area contributed by atoms with Gasteiger partial charge in [0.25, 0.3) is 0 Å². The molecule has 0 spiro atoms. The molecule has 19 heavy (non-hydrogen) atoms. The van der Waals surface area contributed by atoms with Gasteiger partial charge in [0, 0.05) is 29.4 Å². The number of nitrogens with zero attached hydrogens (tertiary/aromatic N) is 1. The Morgan fingerprint density at radius 3 is 2.26 bits per heavy atom. The van der Waals surface area contributed by atoms with Gasteiger partial charge in [0.1, 0.15) is 0 Å². The number of carbonyl (C=O) groups is 1. The molecule has 1 aromatic rings. The van der Waals surface area contributed by atoms with Crippen molar-refractivity contribution in [2.75, 3.05) is 0 Å². The molecule has 0 aromatic carbocycles. The molecule has 1 aromatic heterocycles. The van der Waals surface area contributed by atoms with Crippen LogP contribution < -0.4 is 0 Å². The highest BCUT2D eigenvalue weighted by atomic mass is 16.1. The fourth-order valence-corrected chi connectivity index (χ4v) is 3.65. The first-order valence-corrected chi connectivity index (χ1v) is 7.63. The van der Waals surface area contributed by atoms with Gasteiger partial charge in [-0.05, 0) is 37.2 Å². The van der Waals surface area contributed by atoms with Crippen molar-refractivity contribution in [2.24, 2.45) is 5.41 Å². The monoisotopic (exact) mass is 261 g/mol. The normalized spacial score (nSPS) is 18.5. The highest BCUT2D eigenvalue weighted by Gasteiger charge is 2.37. The Morgan fingerprint density at radius 2 is 1.74 bits per heavy atom. The van der Waals surface area contributed by atoms with Crippen molar-refractivity contribution in [1.29, 1.82) is 0 Å². The summed E-state index contributed by atoms with van der Waals surface area (Å²) >= 11 is 0. The lowest BCUT2D eigenvalue weighted by Crippen LogP contribution is -2.36. The second-order valence-corrected chi connectivity index (χ2v) is 6.77. The lowest BCUT2D eigenvalue weighted by atomic mass is 9.75. The molecule has 2 rings (SSSR count). The fraction of sp³-hybridized carbons (Fsp3) is 0.706. The van der Waals surface area contributed by atoms with Crippen molar-refractivity contribution in [3.05, 3.63) is 23.5 Å². The van der Waals surface area contributed by atoms with E-state index in [1.54, 1.807) is 0 Å². The summed E-state index contributed by atoms with van der Waals surface area (Å²) in [6.07, 6.45) is 7.21. The van der Waals surface area contributed by atoms with Gasteiger partial charge in [-0.1, -0.05) is 34.6 Å². The van der Waals surface area contributed by atoms with E-state index in [4.69, 9.17) is 0 Å². The Labute approximate surface area is 117 Å². The molecule has 0 radical (unpaired) electrons. The Balaban J connectivity index is 2.54. The maximum absolute atomic E-state index is 12.3. The van der Waals surface area contributed by atoms with Crippen molar-refractivity contribution in [3.63, 3.8) is 0 Å². The van der Waals surface area contributed by atoms with Gasteiger partial charge < -0.3 is 4.57 Å². The van der Waals surface area contributed by atoms with Gasteiger partial charge in [0.15, 0.2) is 5.78 Å². The van der Waals surface area contributed by atoms with E-state index in [1.165, 1.54) is 5.69 Å². The molecular formula is C17H27NO. The van der Waals surface area contributed by atoms with Gasteiger partial charge in [-0.25, -0.2) is 0 Å². The number of fused-ring (bicyclic) bond motifs is 1. The standard InChI is InChI=1S/C17H27NO/c1-6-17(7-2,8-3)18-10-9-13-14(18)11-16(4,5)12-15(13)19/h9-10H,6-8,11-12H2,1-5H3. The molecule has 0 atom stereocenters. The quantitative estimate of drug-likeness (QED) is 0.778. The van der Waals surface area contributed by atoms with Gasteiger partial charge in [-0.15, -0.1) is 0 Å². The Hall–Kier alpha value is -1.05. The predicted molar refractivity (Wildman–Crippen MR) is 79.7 cm³/mol. The number of rotatable bonds is 4. The molecule has 2 nitrogen and oxygen atoms in total. The Morgan fingerprint density at radius 1 is 1.16 bits per heavy atom.